The van der Waals surface area contributed by atoms with Crippen molar-refractivity contribution in [1.82, 2.24) is 0 Å². The lowest BCUT2D eigenvalue weighted by Gasteiger charge is -2.09. The van der Waals surface area contributed by atoms with Gasteiger partial charge in [0.25, 0.3) is 5.91 Å². The minimum absolute atomic E-state index is 0.220. The smallest absolute Gasteiger partial charge is 0.341 e. The number of rotatable bonds is 8. The molecule has 7 nitrogen and oxygen atoms in total. The summed E-state index contributed by atoms with van der Waals surface area (Å²) in [7, 11) is -3.42. The number of hydrogen-bond donors (Lipinski definition) is 2. The van der Waals surface area contributed by atoms with E-state index in [0.29, 0.717) is 21.8 Å². The Hall–Kier alpha value is -3.95. The third-order valence-corrected chi connectivity index (χ3v) is 6.84. The number of hydrogen-bond acceptors (Lipinski definition) is 6. The molecule has 0 fully saturated rings. The quantitative estimate of drug-likeness (QED) is 0.283. The standard InChI is InChI=1S/C27H24N2O5S2/c1-3-34-27(31)23-17-24(18-9-5-4-6-10-18)35-26(23)28-25(30)21-13-7-11-19(15-21)20-12-8-14-22(16-20)29-36(2,32)33/h4-17,29H,3H2,1-2H3,(H,28,30). The first-order valence-electron chi connectivity index (χ1n) is 11.1. The average Bonchev–Trinajstić information content (AvgIpc) is 3.28. The second kappa shape index (κ2) is 10.8. The summed E-state index contributed by atoms with van der Waals surface area (Å²) in [5.74, 6) is -0.885. The van der Waals surface area contributed by atoms with Crippen LogP contribution >= 0.6 is 11.3 Å². The van der Waals surface area contributed by atoms with Crippen LogP contribution in [0.1, 0.15) is 27.6 Å². The lowest BCUT2D eigenvalue weighted by molar-refractivity contribution is 0.0528. The molecule has 0 saturated heterocycles. The van der Waals surface area contributed by atoms with Gasteiger partial charge in [0.1, 0.15) is 5.00 Å². The number of thiophene rings is 1. The van der Waals surface area contributed by atoms with Gasteiger partial charge in [-0.25, -0.2) is 13.2 Å². The Bertz CT molecular complexity index is 1510. The fraction of sp³-hybridized carbons (Fsp3) is 0.111. The van der Waals surface area contributed by atoms with Crippen molar-refractivity contribution in [3.63, 3.8) is 0 Å². The van der Waals surface area contributed by atoms with E-state index in [0.717, 1.165) is 27.8 Å². The minimum atomic E-state index is -3.42. The molecule has 0 bridgehead atoms. The summed E-state index contributed by atoms with van der Waals surface area (Å²) in [5, 5.41) is 3.27. The van der Waals surface area contributed by atoms with Gasteiger partial charge in [-0.3, -0.25) is 9.52 Å². The molecule has 0 aliphatic heterocycles. The molecule has 9 heteroatoms. The van der Waals surface area contributed by atoms with Crippen molar-refractivity contribution < 1.29 is 22.7 Å². The van der Waals surface area contributed by atoms with Crippen LogP contribution in [0, 0.1) is 0 Å². The highest BCUT2D eigenvalue weighted by atomic mass is 32.2. The molecule has 4 rings (SSSR count). The third kappa shape index (κ3) is 6.18. The van der Waals surface area contributed by atoms with E-state index in [1.165, 1.54) is 11.3 Å². The van der Waals surface area contributed by atoms with Crippen LogP contribution in [0.25, 0.3) is 21.6 Å². The lowest BCUT2D eigenvalue weighted by Crippen LogP contribution is -2.14. The molecule has 4 aromatic rings. The number of anilines is 2. The summed E-state index contributed by atoms with van der Waals surface area (Å²) in [5.41, 5.74) is 3.52. The van der Waals surface area contributed by atoms with Crippen LogP contribution in [0.15, 0.2) is 84.9 Å². The van der Waals surface area contributed by atoms with Crippen LogP contribution in [0.2, 0.25) is 0 Å². The maximum Gasteiger partial charge on any atom is 0.341 e. The lowest BCUT2D eigenvalue weighted by atomic mass is 10.0. The van der Waals surface area contributed by atoms with Gasteiger partial charge >= 0.3 is 5.97 Å². The SMILES string of the molecule is CCOC(=O)c1cc(-c2ccccc2)sc1NC(=O)c1cccc(-c2cccc(NS(C)(=O)=O)c2)c1. The van der Waals surface area contributed by atoms with Crippen molar-refractivity contribution in [2.45, 2.75) is 6.92 Å². The van der Waals surface area contributed by atoms with Crippen molar-refractivity contribution in [3.05, 3.63) is 96.1 Å². The number of nitrogens with one attached hydrogen (secondary N) is 2. The number of ether oxygens (including phenoxy) is 1. The average molecular weight is 521 g/mol. The third-order valence-electron chi connectivity index (χ3n) is 5.14. The van der Waals surface area contributed by atoms with Gasteiger partial charge in [-0.1, -0.05) is 54.6 Å². The van der Waals surface area contributed by atoms with E-state index in [9.17, 15) is 18.0 Å². The molecule has 0 aliphatic rings. The molecule has 0 atom stereocenters. The summed E-state index contributed by atoms with van der Waals surface area (Å²) in [6.07, 6.45) is 1.09. The Kier molecular flexibility index (Phi) is 7.52. The monoisotopic (exact) mass is 520 g/mol. The molecule has 3 aromatic carbocycles. The number of amides is 1. The van der Waals surface area contributed by atoms with Crippen molar-refractivity contribution in [3.8, 4) is 21.6 Å². The van der Waals surface area contributed by atoms with Crippen molar-refractivity contribution in [2.24, 2.45) is 0 Å². The van der Waals surface area contributed by atoms with Crippen LogP contribution in [0.4, 0.5) is 10.7 Å². The number of carbonyl (C=O) groups is 2. The normalized spacial score (nSPS) is 11.1. The van der Waals surface area contributed by atoms with Gasteiger partial charge in [0.2, 0.25) is 10.0 Å². The molecule has 184 valence electrons. The second-order valence-corrected chi connectivity index (χ2v) is 10.7. The molecule has 1 amide bonds. The maximum atomic E-state index is 13.2. The highest BCUT2D eigenvalue weighted by Gasteiger charge is 2.20. The van der Waals surface area contributed by atoms with Crippen molar-refractivity contribution >= 4 is 43.9 Å². The molecular weight excluding hydrogens is 496 g/mol. The molecule has 0 saturated carbocycles. The summed E-state index contributed by atoms with van der Waals surface area (Å²) < 4.78 is 30.8. The van der Waals surface area contributed by atoms with E-state index in [4.69, 9.17) is 4.74 Å². The van der Waals surface area contributed by atoms with Gasteiger partial charge in [-0.05, 0) is 53.9 Å². The van der Waals surface area contributed by atoms with Gasteiger partial charge < -0.3 is 10.1 Å². The van der Waals surface area contributed by atoms with Gasteiger partial charge in [-0.2, -0.15) is 0 Å². The molecule has 36 heavy (non-hydrogen) atoms. The fourth-order valence-corrected chi connectivity index (χ4v) is 5.18. The van der Waals surface area contributed by atoms with E-state index in [2.05, 4.69) is 10.0 Å². The van der Waals surface area contributed by atoms with E-state index in [-0.39, 0.29) is 12.5 Å². The maximum absolute atomic E-state index is 13.2. The predicted octanol–water partition coefficient (Wildman–Crippen LogP) is 5.88. The summed E-state index contributed by atoms with van der Waals surface area (Å²) >= 11 is 1.30. The van der Waals surface area contributed by atoms with E-state index < -0.39 is 16.0 Å². The second-order valence-electron chi connectivity index (χ2n) is 7.93. The zero-order chi connectivity index (χ0) is 25.7. The Labute approximate surface area is 213 Å². The topological polar surface area (TPSA) is 102 Å². The number of esters is 1. The molecule has 0 radical (unpaired) electrons. The van der Waals surface area contributed by atoms with Crippen LogP contribution in [-0.2, 0) is 14.8 Å². The summed E-state index contributed by atoms with van der Waals surface area (Å²) in [6.45, 7) is 1.95. The summed E-state index contributed by atoms with van der Waals surface area (Å²) in [6, 6.07) is 25.2. The first kappa shape index (κ1) is 25.2. The zero-order valence-electron chi connectivity index (χ0n) is 19.6. The number of carbonyl (C=O) groups excluding carboxylic acids is 2. The molecule has 2 N–H and O–H groups in total. The first-order chi connectivity index (χ1) is 17.2. The van der Waals surface area contributed by atoms with Crippen molar-refractivity contribution in [2.75, 3.05) is 22.9 Å². The van der Waals surface area contributed by atoms with Gasteiger partial charge in [0, 0.05) is 16.1 Å². The van der Waals surface area contributed by atoms with Crippen molar-refractivity contribution in [1.29, 1.82) is 0 Å². The van der Waals surface area contributed by atoms with E-state index in [1.54, 1.807) is 49.4 Å². The van der Waals surface area contributed by atoms with Crippen LogP contribution in [-0.4, -0.2) is 33.2 Å². The van der Waals surface area contributed by atoms with Gasteiger partial charge in [0.05, 0.1) is 18.4 Å². The van der Waals surface area contributed by atoms with E-state index >= 15 is 0 Å². The van der Waals surface area contributed by atoms with Crippen LogP contribution in [0.5, 0.6) is 0 Å². The minimum Gasteiger partial charge on any atom is -0.462 e. The largest absolute Gasteiger partial charge is 0.462 e. The number of sulfonamides is 1. The Morgan fingerprint density at radius 1 is 0.861 bits per heavy atom. The first-order valence-corrected chi connectivity index (χ1v) is 13.8. The Morgan fingerprint density at radius 3 is 2.22 bits per heavy atom. The highest BCUT2D eigenvalue weighted by molar-refractivity contribution is 7.92. The van der Waals surface area contributed by atoms with Gasteiger partial charge in [0.15, 0.2) is 0 Å². The van der Waals surface area contributed by atoms with E-state index in [1.807, 2.05) is 42.5 Å². The molecular formula is C27H24N2O5S2. The highest BCUT2D eigenvalue weighted by Crippen LogP contribution is 2.36. The van der Waals surface area contributed by atoms with Crippen LogP contribution < -0.4 is 10.0 Å². The predicted molar refractivity (Wildman–Crippen MR) is 144 cm³/mol. The molecule has 0 spiro atoms. The summed E-state index contributed by atoms with van der Waals surface area (Å²) in [4.78, 5) is 26.6. The molecule has 1 heterocycles. The Balaban J connectivity index is 1.62. The molecule has 0 aliphatic carbocycles. The molecule has 0 unspecified atom stereocenters. The van der Waals surface area contributed by atoms with Gasteiger partial charge in [-0.15, -0.1) is 11.3 Å². The zero-order valence-corrected chi connectivity index (χ0v) is 21.3. The van der Waals surface area contributed by atoms with Crippen LogP contribution in [0.3, 0.4) is 0 Å². The Morgan fingerprint density at radius 2 is 1.53 bits per heavy atom. The molecule has 1 aromatic heterocycles. The fourth-order valence-electron chi connectivity index (χ4n) is 3.58. The number of benzene rings is 3.